The SMILES string of the molecule is Nc1cc(C(F)(F)F)cc(O)c1Br. The third-order valence-electron chi connectivity index (χ3n) is 1.41. The van der Waals surface area contributed by atoms with Crippen LogP contribution < -0.4 is 5.73 Å². The van der Waals surface area contributed by atoms with Crippen molar-refractivity contribution < 1.29 is 18.3 Å². The molecule has 0 bridgehead atoms. The van der Waals surface area contributed by atoms with Gasteiger partial charge in [-0.2, -0.15) is 13.2 Å². The van der Waals surface area contributed by atoms with Crippen molar-refractivity contribution in [2.24, 2.45) is 0 Å². The molecule has 3 N–H and O–H groups in total. The van der Waals surface area contributed by atoms with E-state index in [9.17, 15) is 13.2 Å². The second-order valence-electron chi connectivity index (χ2n) is 2.40. The lowest BCUT2D eigenvalue weighted by Crippen LogP contribution is -2.05. The molecule has 2 nitrogen and oxygen atoms in total. The molecule has 6 heteroatoms. The molecular weight excluding hydrogens is 251 g/mol. The summed E-state index contributed by atoms with van der Waals surface area (Å²) in [6, 6.07) is 1.37. The number of aromatic hydroxyl groups is 1. The number of nitrogen functional groups attached to an aromatic ring is 1. The molecule has 0 aliphatic heterocycles. The van der Waals surface area contributed by atoms with E-state index >= 15 is 0 Å². The van der Waals surface area contributed by atoms with E-state index in [4.69, 9.17) is 10.8 Å². The largest absolute Gasteiger partial charge is 0.507 e. The van der Waals surface area contributed by atoms with Crippen LogP contribution in [0.25, 0.3) is 0 Å². The Hall–Kier alpha value is -0.910. The number of nitrogens with two attached hydrogens (primary N) is 1. The highest BCUT2D eigenvalue weighted by Gasteiger charge is 2.31. The Morgan fingerprint density at radius 2 is 1.85 bits per heavy atom. The summed E-state index contributed by atoms with van der Waals surface area (Å²) < 4.78 is 36.4. The second-order valence-corrected chi connectivity index (χ2v) is 3.19. The topological polar surface area (TPSA) is 46.2 Å². The lowest BCUT2D eigenvalue weighted by Gasteiger charge is -2.09. The molecule has 0 unspecified atom stereocenters. The lowest BCUT2D eigenvalue weighted by molar-refractivity contribution is -0.137. The van der Waals surface area contributed by atoms with Gasteiger partial charge < -0.3 is 10.8 Å². The van der Waals surface area contributed by atoms with Crippen LogP contribution in [0.4, 0.5) is 18.9 Å². The van der Waals surface area contributed by atoms with Crippen LogP contribution in [-0.2, 0) is 6.18 Å². The number of benzene rings is 1. The van der Waals surface area contributed by atoms with Gasteiger partial charge >= 0.3 is 6.18 Å². The third-order valence-corrected chi connectivity index (χ3v) is 2.27. The van der Waals surface area contributed by atoms with Gasteiger partial charge in [-0.3, -0.25) is 0 Å². The van der Waals surface area contributed by atoms with Crippen molar-refractivity contribution in [1.29, 1.82) is 0 Å². The smallest absolute Gasteiger partial charge is 0.416 e. The Morgan fingerprint density at radius 3 is 2.23 bits per heavy atom. The van der Waals surface area contributed by atoms with Crippen molar-refractivity contribution in [3.8, 4) is 5.75 Å². The molecular formula is C7H5BrF3NO. The molecule has 13 heavy (non-hydrogen) atoms. The first-order valence-corrected chi connectivity index (χ1v) is 3.97. The molecule has 0 atom stereocenters. The number of phenolic OH excluding ortho intramolecular Hbond substituents is 1. The summed E-state index contributed by atoms with van der Waals surface area (Å²) in [5.41, 5.74) is 4.10. The quantitative estimate of drug-likeness (QED) is 0.701. The summed E-state index contributed by atoms with van der Waals surface area (Å²) in [7, 11) is 0. The molecule has 72 valence electrons. The van der Waals surface area contributed by atoms with Crippen LogP contribution >= 0.6 is 15.9 Å². The minimum absolute atomic E-state index is 0.0699. The summed E-state index contributed by atoms with van der Waals surface area (Å²) in [6.45, 7) is 0. The van der Waals surface area contributed by atoms with Crippen LogP contribution in [0.15, 0.2) is 16.6 Å². The molecule has 0 heterocycles. The van der Waals surface area contributed by atoms with Crippen LogP contribution in [0.2, 0.25) is 0 Å². The average Bonchev–Trinajstić information content (AvgIpc) is 1.97. The third kappa shape index (κ3) is 2.06. The molecule has 0 amide bonds. The molecule has 0 saturated heterocycles. The molecule has 0 saturated carbocycles. The van der Waals surface area contributed by atoms with E-state index < -0.39 is 17.5 Å². The first-order chi connectivity index (χ1) is 5.82. The second kappa shape index (κ2) is 3.10. The number of halogens is 4. The van der Waals surface area contributed by atoms with Crippen molar-refractivity contribution in [2.75, 3.05) is 5.73 Å². The van der Waals surface area contributed by atoms with Gasteiger partial charge in [0.05, 0.1) is 15.7 Å². The van der Waals surface area contributed by atoms with Gasteiger partial charge in [0.2, 0.25) is 0 Å². The average molecular weight is 256 g/mol. The molecule has 1 aromatic rings. The maximum atomic E-state index is 12.1. The van der Waals surface area contributed by atoms with E-state index in [1.54, 1.807) is 0 Å². The van der Waals surface area contributed by atoms with Crippen molar-refractivity contribution in [3.63, 3.8) is 0 Å². The first kappa shape index (κ1) is 10.2. The van der Waals surface area contributed by atoms with E-state index in [2.05, 4.69) is 15.9 Å². The highest BCUT2D eigenvalue weighted by molar-refractivity contribution is 9.10. The minimum atomic E-state index is -4.49. The molecule has 0 spiro atoms. The first-order valence-electron chi connectivity index (χ1n) is 3.17. The van der Waals surface area contributed by atoms with Crippen LogP contribution in [0.5, 0.6) is 5.75 Å². The van der Waals surface area contributed by atoms with Crippen LogP contribution in [0.1, 0.15) is 5.56 Å². The molecule has 1 aromatic carbocycles. The Bertz CT molecular complexity index is 314. The maximum Gasteiger partial charge on any atom is 0.416 e. The summed E-state index contributed by atoms with van der Waals surface area (Å²) >= 11 is 2.84. The van der Waals surface area contributed by atoms with Gasteiger partial charge in [0.25, 0.3) is 0 Å². The highest BCUT2D eigenvalue weighted by atomic mass is 79.9. The van der Waals surface area contributed by atoms with Crippen LogP contribution in [0.3, 0.4) is 0 Å². The molecule has 0 aromatic heterocycles. The summed E-state index contributed by atoms with van der Waals surface area (Å²) in [6.07, 6.45) is -4.49. The molecule has 0 fully saturated rings. The van der Waals surface area contributed by atoms with Crippen LogP contribution in [0, 0.1) is 0 Å². The van der Waals surface area contributed by atoms with Gasteiger partial charge in [-0.05, 0) is 28.1 Å². The van der Waals surface area contributed by atoms with E-state index in [0.29, 0.717) is 6.07 Å². The standard InChI is InChI=1S/C7H5BrF3NO/c8-6-4(12)1-3(2-5(6)13)7(9,10)11/h1-2,13H,12H2. The van der Waals surface area contributed by atoms with Gasteiger partial charge in [-0.15, -0.1) is 0 Å². The fraction of sp³-hybridized carbons (Fsp3) is 0.143. The zero-order chi connectivity index (χ0) is 10.2. The molecule has 1 rings (SSSR count). The normalized spacial score (nSPS) is 11.7. The van der Waals surface area contributed by atoms with Gasteiger partial charge in [0.15, 0.2) is 0 Å². The maximum absolute atomic E-state index is 12.1. The van der Waals surface area contributed by atoms with E-state index in [1.165, 1.54) is 0 Å². The monoisotopic (exact) mass is 255 g/mol. The van der Waals surface area contributed by atoms with Crippen molar-refractivity contribution in [3.05, 3.63) is 22.2 Å². The van der Waals surface area contributed by atoms with Crippen molar-refractivity contribution in [1.82, 2.24) is 0 Å². The van der Waals surface area contributed by atoms with E-state index in [-0.39, 0.29) is 10.2 Å². The predicted octanol–water partition coefficient (Wildman–Crippen LogP) is 2.76. The number of alkyl halides is 3. The number of phenols is 1. The summed E-state index contributed by atoms with van der Waals surface area (Å²) in [4.78, 5) is 0. The number of rotatable bonds is 0. The molecule has 0 radical (unpaired) electrons. The van der Waals surface area contributed by atoms with Crippen LogP contribution in [-0.4, -0.2) is 5.11 Å². The number of hydrogen-bond donors (Lipinski definition) is 2. The Balaban J connectivity index is 3.29. The lowest BCUT2D eigenvalue weighted by atomic mass is 10.2. The Labute approximate surface area is 80.3 Å². The summed E-state index contributed by atoms with van der Waals surface area (Å²) in [5, 5.41) is 9.02. The van der Waals surface area contributed by atoms with Gasteiger partial charge in [-0.25, -0.2) is 0 Å². The minimum Gasteiger partial charge on any atom is -0.507 e. The highest BCUT2D eigenvalue weighted by Crippen LogP contribution is 2.37. The predicted molar refractivity (Wildman–Crippen MR) is 45.2 cm³/mol. The van der Waals surface area contributed by atoms with Gasteiger partial charge in [0, 0.05) is 0 Å². The Kier molecular flexibility index (Phi) is 2.42. The fourth-order valence-electron chi connectivity index (χ4n) is 0.795. The molecule has 0 aliphatic carbocycles. The van der Waals surface area contributed by atoms with E-state index in [0.717, 1.165) is 6.07 Å². The van der Waals surface area contributed by atoms with Crippen molar-refractivity contribution in [2.45, 2.75) is 6.18 Å². The van der Waals surface area contributed by atoms with E-state index in [1.807, 2.05) is 0 Å². The zero-order valence-corrected chi connectivity index (χ0v) is 7.78. The Morgan fingerprint density at radius 1 is 1.31 bits per heavy atom. The van der Waals surface area contributed by atoms with Gasteiger partial charge in [0.1, 0.15) is 5.75 Å². The number of anilines is 1. The van der Waals surface area contributed by atoms with Gasteiger partial charge in [-0.1, -0.05) is 0 Å². The molecule has 0 aliphatic rings. The fourth-order valence-corrected chi connectivity index (χ4v) is 1.02. The zero-order valence-electron chi connectivity index (χ0n) is 6.19. The number of hydrogen-bond acceptors (Lipinski definition) is 2. The summed E-state index contributed by atoms with van der Waals surface area (Å²) in [5.74, 6) is -0.521. The van der Waals surface area contributed by atoms with Crippen molar-refractivity contribution >= 4 is 21.6 Å².